The summed E-state index contributed by atoms with van der Waals surface area (Å²) in [5.41, 5.74) is 7.70. The van der Waals surface area contributed by atoms with Gasteiger partial charge in [-0.25, -0.2) is 8.42 Å². The van der Waals surface area contributed by atoms with Crippen LogP contribution in [0.1, 0.15) is 24.2 Å². The van der Waals surface area contributed by atoms with Crippen molar-refractivity contribution in [1.29, 1.82) is 0 Å². The maximum absolute atomic E-state index is 11.0. The van der Waals surface area contributed by atoms with Gasteiger partial charge in [0.05, 0.1) is 23.8 Å². The van der Waals surface area contributed by atoms with Gasteiger partial charge in [0, 0.05) is 6.04 Å². The van der Waals surface area contributed by atoms with Crippen LogP contribution in [0.3, 0.4) is 0 Å². The average Bonchev–Trinajstić information content (AvgIpc) is 2.05. The molecule has 3 N–H and O–H groups in total. The summed E-state index contributed by atoms with van der Waals surface area (Å²) < 4.78 is 24.4. The standard InChI is InChI=1S/C9H15N3O2S/c1-6-4-8(7(2)10)11-5-9(6)12-15(3,13)14/h4-5,7,12H,10H2,1-3H3. The molecule has 1 aromatic heterocycles. The number of rotatable bonds is 3. The first-order valence-corrected chi connectivity index (χ1v) is 6.38. The third kappa shape index (κ3) is 3.49. The lowest BCUT2D eigenvalue weighted by atomic mass is 10.1. The SMILES string of the molecule is Cc1cc(C(C)N)ncc1NS(C)(=O)=O. The number of nitrogens with two attached hydrogens (primary N) is 1. The van der Waals surface area contributed by atoms with Crippen molar-refractivity contribution in [2.24, 2.45) is 5.73 Å². The van der Waals surface area contributed by atoms with Gasteiger partial charge in [-0.05, 0) is 25.5 Å². The number of aromatic nitrogens is 1. The Labute approximate surface area is 89.8 Å². The number of anilines is 1. The fourth-order valence-electron chi connectivity index (χ4n) is 1.13. The van der Waals surface area contributed by atoms with Crippen LogP contribution in [0.15, 0.2) is 12.3 Å². The van der Waals surface area contributed by atoms with E-state index >= 15 is 0 Å². The van der Waals surface area contributed by atoms with E-state index in [0.29, 0.717) is 5.69 Å². The van der Waals surface area contributed by atoms with Crippen molar-refractivity contribution < 1.29 is 8.42 Å². The van der Waals surface area contributed by atoms with Gasteiger partial charge in [-0.15, -0.1) is 0 Å². The molecule has 1 unspecified atom stereocenters. The molecule has 84 valence electrons. The number of nitrogens with one attached hydrogen (secondary N) is 1. The maximum Gasteiger partial charge on any atom is 0.229 e. The molecule has 0 bridgehead atoms. The minimum absolute atomic E-state index is 0.156. The summed E-state index contributed by atoms with van der Waals surface area (Å²) in [6.07, 6.45) is 2.58. The average molecular weight is 229 g/mol. The normalized spacial score (nSPS) is 13.6. The molecule has 0 saturated carbocycles. The van der Waals surface area contributed by atoms with E-state index in [4.69, 9.17) is 5.73 Å². The fraction of sp³-hybridized carbons (Fsp3) is 0.444. The predicted molar refractivity (Wildman–Crippen MR) is 60.0 cm³/mol. The number of sulfonamides is 1. The highest BCUT2D eigenvalue weighted by Crippen LogP contribution is 2.17. The van der Waals surface area contributed by atoms with Crippen LogP contribution in [0.4, 0.5) is 5.69 Å². The van der Waals surface area contributed by atoms with E-state index in [9.17, 15) is 8.42 Å². The third-order valence-corrected chi connectivity index (χ3v) is 2.48. The lowest BCUT2D eigenvalue weighted by molar-refractivity contribution is 0.606. The number of nitrogens with zero attached hydrogens (tertiary/aromatic N) is 1. The molecular formula is C9H15N3O2S. The van der Waals surface area contributed by atoms with Crippen molar-refractivity contribution in [3.8, 4) is 0 Å². The smallest absolute Gasteiger partial charge is 0.229 e. The number of aryl methyl sites for hydroxylation is 1. The van der Waals surface area contributed by atoms with Crippen LogP contribution in [0.2, 0.25) is 0 Å². The molecule has 1 atom stereocenters. The van der Waals surface area contributed by atoms with Gasteiger partial charge in [0.2, 0.25) is 10.0 Å². The minimum atomic E-state index is -3.25. The first kappa shape index (κ1) is 11.9. The Kier molecular flexibility index (Phi) is 3.31. The van der Waals surface area contributed by atoms with Gasteiger partial charge in [-0.3, -0.25) is 9.71 Å². The molecule has 1 aromatic rings. The molecule has 0 radical (unpaired) electrons. The van der Waals surface area contributed by atoms with Crippen LogP contribution < -0.4 is 10.5 Å². The van der Waals surface area contributed by atoms with Crippen LogP contribution >= 0.6 is 0 Å². The molecule has 6 heteroatoms. The zero-order valence-electron chi connectivity index (χ0n) is 8.98. The summed E-state index contributed by atoms with van der Waals surface area (Å²) in [6, 6.07) is 1.62. The second-order valence-electron chi connectivity index (χ2n) is 3.59. The van der Waals surface area contributed by atoms with Gasteiger partial charge in [0.15, 0.2) is 0 Å². The monoisotopic (exact) mass is 229 g/mol. The molecule has 0 aromatic carbocycles. The Morgan fingerprint density at radius 2 is 2.13 bits per heavy atom. The van der Waals surface area contributed by atoms with Crippen LogP contribution in [0, 0.1) is 6.92 Å². The Morgan fingerprint density at radius 3 is 2.53 bits per heavy atom. The lowest BCUT2D eigenvalue weighted by Crippen LogP contribution is -2.13. The summed E-state index contributed by atoms with van der Waals surface area (Å²) in [4.78, 5) is 4.07. The van der Waals surface area contributed by atoms with Crippen molar-refractivity contribution >= 4 is 15.7 Å². The number of hydrogen-bond donors (Lipinski definition) is 2. The molecule has 1 rings (SSSR count). The minimum Gasteiger partial charge on any atom is -0.323 e. The summed E-state index contributed by atoms with van der Waals surface area (Å²) in [5.74, 6) is 0. The molecule has 0 spiro atoms. The van der Waals surface area contributed by atoms with Gasteiger partial charge in [0.1, 0.15) is 0 Å². The second-order valence-corrected chi connectivity index (χ2v) is 5.34. The van der Waals surface area contributed by atoms with Gasteiger partial charge in [-0.2, -0.15) is 0 Å². The van der Waals surface area contributed by atoms with Crippen LogP contribution in [-0.2, 0) is 10.0 Å². The molecule has 0 aliphatic carbocycles. The molecule has 0 aliphatic rings. The van der Waals surface area contributed by atoms with Crippen LogP contribution in [0.5, 0.6) is 0 Å². The summed E-state index contributed by atoms with van der Waals surface area (Å²) in [5, 5.41) is 0. The fourth-order valence-corrected chi connectivity index (χ4v) is 1.75. The zero-order chi connectivity index (χ0) is 11.6. The molecule has 0 aliphatic heterocycles. The van der Waals surface area contributed by atoms with E-state index in [1.807, 2.05) is 6.92 Å². The van der Waals surface area contributed by atoms with E-state index in [0.717, 1.165) is 17.5 Å². The van der Waals surface area contributed by atoms with E-state index in [-0.39, 0.29) is 6.04 Å². The zero-order valence-corrected chi connectivity index (χ0v) is 9.80. The second kappa shape index (κ2) is 4.16. The quantitative estimate of drug-likeness (QED) is 0.802. The van der Waals surface area contributed by atoms with Crippen LogP contribution in [0.25, 0.3) is 0 Å². The molecule has 1 heterocycles. The predicted octanol–water partition coefficient (Wildman–Crippen LogP) is 0.781. The molecule has 0 amide bonds. The topological polar surface area (TPSA) is 85.1 Å². The molecular weight excluding hydrogens is 214 g/mol. The Bertz CT molecular complexity index is 454. The Morgan fingerprint density at radius 1 is 1.53 bits per heavy atom. The summed E-state index contributed by atoms with van der Waals surface area (Å²) >= 11 is 0. The Balaban J connectivity index is 3.04. The van der Waals surface area contributed by atoms with Crippen molar-refractivity contribution in [3.05, 3.63) is 23.5 Å². The molecule has 0 saturated heterocycles. The van der Waals surface area contributed by atoms with Crippen molar-refractivity contribution in [2.75, 3.05) is 11.0 Å². The van der Waals surface area contributed by atoms with Crippen molar-refractivity contribution in [1.82, 2.24) is 4.98 Å². The van der Waals surface area contributed by atoms with Gasteiger partial charge < -0.3 is 5.73 Å². The summed E-state index contributed by atoms with van der Waals surface area (Å²) in [6.45, 7) is 3.63. The van der Waals surface area contributed by atoms with Crippen molar-refractivity contribution in [2.45, 2.75) is 19.9 Å². The van der Waals surface area contributed by atoms with Gasteiger partial charge >= 0.3 is 0 Å². The molecule has 15 heavy (non-hydrogen) atoms. The first-order valence-electron chi connectivity index (χ1n) is 4.49. The highest BCUT2D eigenvalue weighted by atomic mass is 32.2. The van der Waals surface area contributed by atoms with Gasteiger partial charge in [0.25, 0.3) is 0 Å². The third-order valence-electron chi connectivity index (χ3n) is 1.89. The van der Waals surface area contributed by atoms with Crippen molar-refractivity contribution in [3.63, 3.8) is 0 Å². The Hall–Kier alpha value is -1.14. The van der Waals surface area contributed by atoms with Crippen LogP contribution in [-0.4, -0.2) is 19.7 Å². The first-order chi connectivity index (χ1) is 6.79. The highest BCUT2D eigenvalue weighted by Gasteiger charge is 2.08. The van der Waals surface area contributed by atoms with E-state index in [1.54, 1.807) is 13.0 Å². The van der Waals surface area contributed by atoms with E-state index in [2.05, 4.69) is 9.71 Å². The largest absolute Gasteiger partial charge is 0.323 e. The number of pyridine rings is 1. The number of hydrogen-bond acceptors (Lipinski definition) is 4. The van der Waals surface area contributed by atoms with E-state index in [1.165, 1.54) is 6.20 Å². The molecule has 0 fully saturated rings. The lowest BCUT2D eigenvalue weighted by Gasteiger charge is -2.10. The maximum atomic E-state index is 11.0. The van der Waals surface area contributed by atoms with Gasteiger partial charge in [-0.1, -0.05) is 0 Å². The van der Waals surface area contributed by atoms with E-state index < -0.39 is 10.0 Å². The summed E-state index contributed by atoms with van der Waals surface area (Å²) in [7, 11) is -3.25. The molecule has 5 nitrogen and oxygen atoms in total. The highest BCUT2D eigenvalue weighted by molar-refractivity contribution is 7.92.